The van der Waals surface area contributed by atoms with Gasteiger partial charge in [0, 0.05) is 36.0 Å². The molecule has 0 saturated carbocycles. The average molecular weight is 388 g/mol. The number of aromatic amines is 1. The molecule has 5 aromatic rings. The summed E-state index contributed by atoms with van der Waals surface area (Å²) in [5.41, 5.74) is 3.70. The molecule has 29 heavy (non-hydrogen) atoms. The van der Waals surface area contributed by atoms with E-state index in [1.165, 1.54) is 24.5 Å². The predicted octanol–water partition coefficient (Wildman–Crippen LogP) is 4.37. The number of fused-ring (bicyclic) bond motifs is 1. The minimum Gasteiger partial charge on any atom is -0.284 e. The van der Waals surface area contributed by atoms with Crippen LogP contribution in [0.4, 0.5) is 8.78 Å². The number of hydrogen-bond donors (Lipinski definition) is 1. The average Bonchev–Trinajstić information content (AvgIpc) is 3.36. The van der Waals surface area contributed by atoms with Crippen molar-refractivity contribution in [3.8, 4) is 33.6 Å². The molecule has 1 N–H and O–H groups in total. The molecule has 0 atom stereocenters. The molecule has 2 aromatic carbocycles. The summed E-state index contributed by atoms with van der Waals surface area (Å²) in [5, 5.41) is 11.8. The van der Waals surface area contributed by atoms with Gasteiger partial charge in [-0.2, -0.15) is 10.2 Å². The van der Waals surface area contributed by atoms with Gasteiger partial charge in [0.15, 0.2) is 0 Å². The first-order valence-corrected chi connectivity index (χ1v) is 8.84. The largest absolute Gasteiger partial charge is 0.284 e. The van der Waals surface area contributed by atoms with Crippen molar-refractivity contribution >= 4 is 10.9 Å². The number of benzene rings is 2. The summed E-state index contributed by atoms with van der Waals surface area (Å²) in [7, 11) is 1.83. The lowest BCUT2D eigenvalue weighted by Gasteiger charge is -2.08. The first-order valence-electron chi connectivity index (χ1n) is 8.84. The maximum atomic E-state index is 14.3. The second-order valence-corrected chi connectivity index (χ2v) is 6.60. The molecular weight excluding hydrogens is 374 g/mol. The Morgan fingerprint density at radius 3 is 2.55 bits per heavy atom. The molecule has 0 fully saturated rings. The van der Waals surface area contributed by atoms with Crippen LogP contribution < -0.4 is 0 Å². The highest BCUT2D eigenvalue weighted by molar-refractivity contribution is 5.96. The molecule has 8 heteroatoms. The van der Waals surface area contributed by atoms with E-state index in [9.17, 15) is 8.78 Å². The smallest absolute Gasteiger partial charge is 0.135 e. The molecule has 0 amide bonds. The van der Waals surface area contributed by atoms with Crippen LogP contribution >= 0.6 is 0 Å². The van der Waals surface area contributed by atoms with Crippen molar-refractivity contribution in [2.75, 3.05) is 0 Å². The second kappa shape index (κ2) is 6.59. The van der Waals surface area contributed by atoms with Crippen molar-refractivity contribution in [2.24, 2.45) is 7.05 Å². The van der Waals surface area contributed by atoms with Gasteiger partial charge in [-0.15, -0.1) is 0 Å². The number of H-pyrrole nitrogens is 1. The highest BCUT2D eigenvalue weighted by Crippen LogP contribution is 2.35. The Hall–Kier alpha value is -3.94. The van der Waals surface area contributed by atoms with Gasteiger partial charge in [0.2, 0.25) is 0 Å². The minimum absolute atomic E-state index is 0.166. The van der Waals surface area contributed by atoms with Crippen LogP contribution in [0.15, 0.2) is 61.3 Å². The number of aromatic nitrogens is 6. The lowest BCUT2D eigenvalue weighted by atomic mass is 9.98. The van der Waals surface area contributed by atoms with E-state index in [4.69, 9.17) is 0 Å². The molecule has 142 valence electrons. The van der Waals surface area contributed by atoms with Gasteiger partial charge < -0.3 is 0 Å². The minimum atomic E-state index is -0.668. The van der Waals surface area contributed by atoms with Gasteiger partial charge in [-0.25, -0.2) is 18.7 Å². The Bertz CT molecular complexity index is 1330. The van der Waals surface area contributed by atoms with Crippen molar-refractivity contribution in [1.82, 2.24) is 29.9 Å². The second-order valence-electron chi connectivity index (χ2n) is 6.60. The van der Waals surface area contributed by atoms with E-state index >= 15 is 0 Å². The van der Waals surface area contributed by atoms with E-state index < -0.39 is 11.6 Å². The summed E-state index contributed by atoms with van der Waals surface area (Å²) in [6, 6.07) is 9.34. The zero-order valence-corrected chi connectivity index (χ0v) is 15.3. The molecule has 3 aromatic heterocycles. The molecule has 0 aliphatic heterocycles. The van der Waals surface area contributed by atoms with E-state index in [1.54, 1.807) is 17.1 Å². The lowest BCUT2D eigenvalue weighted by Crippen LogP contribution is -1.93. The number of halogens is 2. The van der Waals surface area contributed by atoms with Crippen LogP contribution in [-0.2, 0) is 7.05 Å². The maximum absolute atomic E-state index is 14.3. The molecular formula is C21H14F2N6. The Labute approximate surface area is 163 Å². The summed E-state index contributed by atoms with van der Waals surface area (Å²) >= 11 is 0. The van der Waals surface area contributed by atoms with Crippen LogP contribution in [-0.4, -0.2) is 29.9 Å². The zero-order chi connectivity index (χ0) is 20.0. The Kier molecular flexibility index (Phi) is 3.90. The Morgan fingerprint density at radius 2 is 1.79 bits per heavy atom. The highest BCUT2D eigenvalue weighted by atomic mass is 19.1. The fourth-order valence-corrected chi connectivity index (χ4v) is 3.42. The summed E-state index contributed by atoms with van der Waals surface area (Å²) in [6.45, 7) is 0. The first kappa shape index (κ1) is 17.2. The van der Waals surface area contributed by atoms with E-state index in [-0.39, 0.29) is 11.3 Å². The van der Waals surface area contributed by atoms with Crippen LogP contribution in [0.3, 0.4) is 0 Å². The number of aryl methyl sites for hydroxylation is 1. The molecule has 0 aliphatic rings. The van der Waals surface area contributed by atoms with Crippen molar-refractivity contribution in [2.45, 2.75) is 0 Å². The van der Waals surface area contributed by atoms with Crippen LogP contribution in [0.5, 0.6) is 0 Å². The van der Waals surface area contributed by atoms with Crippen LogP contribution in [0, 0.1) is 11.6 Å². The standard InChI is InChI=1S/C21H14F2N6/c1-29-10-13(8-27-29)20-14-7-12(5-6-18(14)24-11-25-20)15-9-26-28-21(15)19-16(22)3-2-4-17(19)23/h2-11H,1H3,(H,26,28). The van der Waals surface area contributed by atoms with Crippen molar-refractivity contribution < 1.29 is 8.78 Å². The topological polar surface area (TPSA) is 72.3 Å². The summed E-state index contributed by atoms with van der Waals surface area (Å²) in [5.74, 6) is -1.34. The van der Waals surface area contributed by atoms with Crippen molar-refractivity contribution in [3.05, 3.63) is 73.0 Å². The predicted molar refractivity (Wildman–Crippen MR) is 105 cm³/mol. The normalized spacial score (nSPS) is 11.3. The molecule has 0 spiro atoms. The van der Waals surface area contributed by atoms with Crippen molar-refractivity contribution in [3.63, 3.8) is 0 Å². The molecule has 0 saturated heterocycles. The molecule has 0 unspecified atom stereocenters. The molecule has 0 radical (unpaired) electrons. The van der Waals surface area contributed by atoms with Gasteiger partial charge in [-0.05, 0) is 29.8 Å². The van der Waals surface area contributed by atoms with Gasteiger partial charge in [0.25, 0.3) is 0 Å². The van der Waals surface area contributed by atoms with Crippen molar-refractivity contribution in [1.29, 1.82) is 0 Å². The quantitative estimate of drug-likeness (QED) is 0.498. The first-order chi connectivity index (χ1) is 14.1. The highest BCUT2D eigenvalue weighted by Gasteiger charge is 2.19. The van der Waals surface area contributed by atoms with E-state index in [0.717, 1.165) is 27.7 Å². The van der Waals surface area contributed by atoms with E-state index in [0.29, 0.717) is 5.56 Å². The van der Waals surface area contributed by atoms with Gasteiger partial charge in [0.1, 0.15) is 23.7 Å². The molecule has 5 rings (SSSR count). The molecule has 0 aliphatic carbocycles. The van der Waals surface area contributed by atoms with Crippen LogP contribution in [0.25, 0.3) is 44.5 Å². The summed E-state index contributed by atoms with van der Waals surface area (Å²) in [4.78, 5) is 8.74. The van der Waals surface area contributed by atoms with Crippen LogP contribution in [0.1, 0.15) is 0 Å². The molecule has 6 nitrogen and oxygen atoms in total. The SMILES string of the molecule is Cn1cc(-c2ncnc3ccc(-c4c[nH]nc4-c4c(F)cccc4F)cc23)cn1. The van der Waals surface area contributed by atoms with Gasteiger partial charge in [0.05, 0.1) is 23.0 Å². The zero-order valence-electron chi connectivity index (χ0n) is 15.3. The summed E-state index contributed by atoms with van der Waals surface area (Å²) in [6.07, 6.45) is 6.72. The fraction of sp³-hybridized carbons (Fsp3) is 0.0476. The number of nitrogens with one attached hydrogen (secondary N) is 1. The molecule has 0 bridgehead atoms. The van der Waals surface area contributed by atoms with Crippen LogP contribution in [0.2, 0.25) is 0 Å². The number of rotatable bonds is 3. The lowest BCUT2D eigenvalue weighted by molar-refractivity contribution is 0.588. The Balaban J connectivity index is 1.71. The third-order valence-electron chi connectivity index (χ3n) is 4.76. The Morgan fingerprint density at radius 1 is 0.966 bits per heavy atom. The molecule has 3 heterocycles. The van der Waals surface area contributed by atoms with Gasteiger partial charge in [-0.3, -0.25) is 9.78 Å². The van der Waals surface area contributed by atoms with Gasteiger partial charge >= 0.3 is 0 Å². The van der Waals surface area contributed by atoms with Gasteiger partial charge in [-0.1, -0.05) is 12.1 Å². The van der Waals surface area contributed by atoms with E-state index in [1.807, 2.05) is 31.4 Å². The summed E-state index contributed by atoms with van der Waals surface area (Å²) < 4.78 is 30.4. The number of nitrogens with zero attached hydrogens (tertiary/aromatic N) is 5. The van der Waals surface area contributed by atoms with E-state index in [2.05, 4.69) is 25.3 Å². The third-order valence-corrected chi connectivity index (χ3v) is 4.76. The fourth-order valence-electron chi connectivity index (χ4n) is 3.42. The monoisotopic (exact) mass is 388 g/mol. The number of hydrogen-bond acceptors (Lipinski definition) is 4. The third kappa shape index (κ3) is 2.85. The maximum Gasteiger partial charge on any atom is 0.135 e.